The molecule has 1 aliphatic heterocycles. The Morgan fingerprint density at radius 1 is 1.33 bits per heavy atom. The molecule has 0 aromatic heterocycles. The Hall–Kier alpha value is -1.09. The molecular formula is C12H21N3. The molecule has 1 fully saturated rings. The molecular weight excluding hydrogens is 186 g/mol. The van der Waals surface area contributed by atoms with E-state index in [-0.39, 0.29) is 0 Å². The highest BCUT2D eigenvalue weighted by molar-refractivity contribution is 5.82. The van der Waals surface area contributed by atoms with Crippen LogP contribution in [0.4, 0.5) is 0 Å². The lowest BCUT2D eigenvalue weighted by Gasteiger charge is -2.34. The van der Waals surface area contributed by atoms with Gasteiger partial charge in [-0.15, -0.1) is 0 Å². The van der Waals surface area contributed by atoms with Crippen molar-refractivity contribution in [1.82, 2.24) is 9.80 Å². The summed E-state index contributed by atoms with van der Waals surface area (Å²) >= 11 is 0. The Kier molecular flexibility index (Phi) is 5.12. The van der Waals surface area contributed by atoms with Crippen LogP contribution in [0.15, 0.2) is 29.9 Å². The van der Waals surface area contributed by atoms with Gasteiger partial charge in [0.25, 0.3) is 0 Å². The van der Waals surface area contributed by atoms with Gasteiger partial charge in [-0.25, -0.2) is 4.99 Å². The molecule has 0 aliphatic carbocycles. The zero-order chi connectivity index (χ0) is 11.1. The van der Waals surface area contributed by atoms with Crippen LogP contribution in [-0.2, 0) is 0 Å². The van der Waals surface area contributed by atoms with Crippen LogP contribution in [0.5, 0.6) is 0 Å². The number of hydrogen-bond acceptors (Lipinski definition) is 2. The molecule has 0 aromatic rings. The number of nitrogens with zero attached hydrogens (tertiary/aromatic N) is 3. The van der Waals surface area contributed by atoms with Gasteiger partial charge in [0.05, 0.1) is 0 Å². The first kappa shape index (κ1) is 12.0. The van der Waals surface area contributed by atoms with Gasteiger partial charge in [0, 0.05) is 38.8 Å². The van der Waals surface area contributed by atoms with Crippen molar-refractivity contribution in [3.8, 4) is 0 Å². The highest BCUT2D eigenvalue weighted by Gasteiger charge is 2.15. The van der Waals surface area contributed by atoms with Gasteiger partial charge in [0.15, 0.2) is 0 Å². The summed E-state index contributed by atoms with van der Waals surface area (Å²) in [6, 6.07) is 0. The van der Waals surface area contributed by atoms with Crippen molar-refractivity contribution in [3.63, 3.8) is 0 Å². The van der Waals surface area contributed by atoms with Crippen LogP contribution in [0.1, 0.15) is 13.3 Å². The summed E-state index contributed by atoms with van der Waals surface area (Å²) in [4.78, 5) is 9.17. The maximum absolute atomic E-state index is 4.45. The maximum Gasteiger partial charge on any atom is 0.104 e. The Morgan fingerprint density at radius 3 is 2.53 bits per heavy atom. The first-order chi connectivity index (χ1) is 7.27. The number of allylic oxidation sites excluding steroid dienone is 2. The summed E-state index contributed by atoms with van der Waals surface area (Å²) in [5, 5.41) is 0. The lowest BCUT2D eigenvalue weighted by atomic mass is 10.3. The molecule has 1 aliphatic rings. The minimum absolute atomic E-state index is 0.991. The second-order valence-electron chi connectivity index (χ2n) is 3.77. The minimum Gasteiger partial charge on any atom is -0.358 e. The van der Waals surface area contributed by atoms with Gasteiger partial charge >= 0.3 is 0 Å². The Bertz CT molecular complexity index is 248. The molecule has 0 radical (unpaired) electrons. The number of rotatable bonds is 3. The summed E-state index contributed by atoms with van der Waals surface area (Å²) in [6.07, 6.45) is 6.43. The number of aliphatic imine (C=N–C) groups is 1. The topological polar surface area (TPSA) is 18.8 Å². The monoisotopic (exact) mass is 207 g/mol. The van der Waals surface area contributed by atoms with E-state index >= 15 is 0 Å². The van der Waals surface area contributed by atoms with E-state index in [0.29, 0.717) is 0 Å². The summed E-state index contributed by atoms with van der Waals surface area (Å²) in [7, 11) is 2.16. The largest absolute Gasteiger partial charge is 0.358 e. The Balaban J connectivity index is 2.54. The van der Waals surface area contributed by atoms with Crippen molar-refractivity contribution >= 4 is 5.84 Å². The number of hydrogen-bond donors (Lipinski definition) is 0. The van der Waals surface area contributed by atoms with Crippen LogP contribution in [0.25, 0.3) is 0 Å². The molecule has 1 rings (SSSR count). The zero-order valence-electron chi connectivity index (χ0n) is 9.82. The molecule has 0 N–H and O–H groups in total. The van der Waals surface area contributed by atoms with Crippen LogP contribution >= 0.6 is 0 Å². The van der Waals surface area contributed by atoms with Crippen molar-refractivity contribution in [2.75, 3.05) is 33.2 Å². The van der Waals surface area contributed by atoms with E-state index in [2.05, 4.69) is 35.3 Å². The smallest absolute Gasteiger partial charge is 0.104 e. The van der Waals surface area contributed by atoms with Crippen LogP contribution in [0.2, 0.25) is 0 Å². The average molecular weight is 207 g/mol. The lowest BCUT2D eigenvalue weighted by molar-refractivity contribution is 0.213. The van der Waals surface area contributed by atoms with Gasteiger partial charge in [-0.3, -0.25) is 0 Å². The summed E-state index contributed by atoms with van der Waals surface area (Å²) in [5.41, 5.74) is 0. The molecule has 0 amide bonds. The standard InChI is InChI=1S/C12H21N3/c1-4-6-7-13-12(5-2)15-10-8-14(3)9-11-15/h4,6-7H,1,5,8-11H2,2-3H3/b7-6-,13-12?. The average Bonchev–Trinajstić information content (AvgIpc) is 2.26. The van der Waals surface area contributed by atoms with Crippen LogP contribution in [0.3, 0.4) is 0 Å². The highest BCUT2D eigenvalue weighted by Crippen LogP contribution is 2.03. The van der Waals surface area contributed by atoms with E-state index in [1.54, 1.807) is 6.08 Å². The second kappa shape index (κ2) is 6.40. The first-order valence-corrected chi connectivity index (χ1v) is 5.55. The fourth-order valence-electron chi connectivity index (χ4n) is 1.65. The Morgan fingerprint density at radius 2 is 2.00 bits per heavy atom. The predicted octanol–water partition coefficient (Wildman–Crippen LogP) is 1.74. The van der Waals surface area contributed by atoms with E-state index < -0.39 is 0 Å². The first-order valence-electron chi connectivity index (χ1n) is 5.55. The van der Waals surface area contributed by atoms with Crippen molar-refractivity contribution in [1.29, 1.82) is 0 Å². The van der Waals surface area contributed by atoms with E-state index in [0.717, 1.165) is 32.6 Å². The van der Waals surface area contributed by atoms with Gasteiger partial charge in [0.1, 0.15) is 5.84 Å². The minimum atomic E-state index is 0.991. The van der Waals surface area contributed by atoms with Gasteiger partial charge < -0.3 is 9.80 Å². The quantitative estimate of drug-likeness (QED) is 0.399. The van der Waals surface area contributed by atoms with Gasteiger partial charge in [-0.2, -0.15) is 0 Å². The molecule has 0 unspecified atom stereocenters. The molecule has 15 heavy (non-hydrogen) atoms. The fraction of sp³-hybridized carbons (Fsp3) is 0.583. The third-order valence-corrected chi connectivity index (χ3v) is 2.63. The van der Waals surface area contributed by atoms with E-state index in [4.69, 9.17) is 0 Å². The molecule has 1 saturated heterocycles. The third-order valence-electron chi connectivity index (χ3n) is 2.63. The summed E-state index contributed by atoms with van der Waals surface area (Å²) in [6.45, 7) is 10.2. The summed E-state index contributed by atoms with van der Waals surface area (Å²) < 4.78 is 0. The lowest BCUT2D eigenvalue weighted by Crippen LogP contribution is -2.46. The van der Waals surface area contributed by atoms with E-state index in [1.807, 2.05) is 12.3 Å². The molecule has 3 heteroatoms. The van der Waals surface area contributed by atoms with Crippen LogP contribution < -0.4 is 0 Å². The normalized spacial score (nSPS) is 19.9. The molecule has 0 aromatic carbocycles. The molecule has 0 spiro atoms. The number of likely N-dealkylation sites (N-methyl/N-ethyl adjacent to an activating group) is 1. The molecule has 1 heterocycles. The number of piperazine rings is 1. The van der Waals surface area contributed by atoms with Crippen molar-refractivity contribution in [3.05, 3.63) is 24.9 Å². The molecule has 0 bridgehead atoms. The molecule has 3 nitrogen and oxygen atoms in total. The van der Waals surface area contributed by atoms with Crippen molar-refractivity contribution in [2.45, 2.75) is 13.3 Å². The van der Waals surface area contributed by atoms with E-state index in [9.17, 15) is 0 Å². The second-order valence-corrected chi connectivity index (χ2v) is 3.77. The fourth-order valence-corrected chi connectivity index (χ4v) is 1.65. The predicted molar refractivity (Wildman–Crippen MR) is 66.1 cm³/mol. The van der Waals surface area contributed by atoms with Crippen LogP contribution in [0, 0.1) is 0 Å². The van der Waals surface area contributed by atoms with E-state index in [1.165, 1.54) is 5.84 Å². The van der Waals surface area contributed by atoms with Gasteiger partial charge in [0.2, 0.25) is 0 Å². The third kappa shape index (κ3) is 3.88. The number of amidine groups is 1. The van der Waals surface area contributed by atoms with Crippen molar-refractivity contribution in [2.24, 2.45) is 4.99 Å². The van der Waals surface area contributed by atoms with Gasteiger partial charge in [-0.1, -0.05) is 19.6 Å². The highest BCUT2D eigenvalue weighted by atomic mass is 15.3. The molecule has 84 valence electrons. The maximum atomic E-state index is 4.45. The molecule has 0 atom stereocenters. The van der Waals surface area contributed by atoms with Crippen molar-refractivity contribution < 1.29 is 0 Å². The van der Waals surface area contributed by atoms with Crippen LogP contribution in [-0.4, -0.2) is 48.9 Å². The Labute approximate surface area is 92.8 Å². The molecule has 0 saturated carbocycles. The summed E-state index contributed by atoms with van der Waals surface area (Å²) in [5.74, 6) is 1.18. The SMILES string of the molecule is C=C/C=C\N=C(CC)N1CCN(C)CC1. The van der Waals surface area contributed by atoms with Gasteiger partial charge in [-0.05, 0) is 13.1 Å². The zero-order valence-corrected chi connectivity index (χ0v) is 9.82.